The zero-order valence-electron chi connectivity index (χ0n) is 18.7. The SMILES string of the molecule is CCOCCCNC(=NCc1ccc(OC)cc1)NCc1ccccc1-n1cccn1.I. The molecule has 1 heterocycles. The minimum atomic E-state index is 0. The number of nitrogens with zero attached hydrogens (tertiary/aromatic N) is 3. The fraction of sp³-hybridized carbons (Fsp3) is 0.333. The predicted molar refractivity (Wildman–Crippen MR) is 139 cm³/mol. The number of hydrogen-bond acceptors (Lipinski definition) is 4. The average molecular weight is 549 g/mol. The largest absolute Gasteiger partial charge is 0.497 e. The van der Waals surface area contributed by atoms with Gasteiger partial charge >= 0.3 is 0 Å². The van der Waals surface area contributed by atoms with Crippen LogP contribution in [0.15, 0.2) is 72.0 Å². The molecule has 0 aliphatic heterocycles. The molecule has 0 unspecified atom stereocenters. The van der Waals surface area contributed by atoms with Gasteiger partial charge in [-0.1, -0.05) is 30.3 Å². The van der Waals surface area contributed by atoms with Gasteiger partial charge in [0, 0.05) is 38.7 Å². The van der Waals surface area contributed by atoms with E-state index in [4.69, 9.17) is 14.5 Å². The maximum Gasteiger partial charge on any atom is 0.191 e. The third-order valence-corrected chi connectivity index (χ3v) is 4.73. The lowest BCUT2D eigenvalue weighted by Crippen LogP contribution is -2.38. The Kier molecular flexibility index (Phi) is 11.6. The number of rotatable bonds is 11. The van der Waals surface area contributed by atoms with E-state index in [9.17, 15) is 0 Å². The van der Waals surface area contributed by atoms with Gasteiger partial charge < -0.3 is 20.1 Å². The summed E-state index contributed by atoms with van der Waals surface area (Å²) in [5.41, 5.74) is 3.30. The van der Waals surface area contributed by atoms with Gasteiger partial charge in [0.25, 0.3) is 0 Å². The molecule has 3 rings (SSSR count). The minimum absolute atomic E-state index is 0. The zero-order valence-corrected chi connectivity index (χ0v) is 21.0. The van der Waals surface area contributed by atoms with Crippen molar-refractivity contribution < 1.29 is 9.47 Å². The predicted octanol–water partition coefficient (Wildman–Crippen LogP) is 4.16. The molecule has 3 aromatic rings. The topological polar surface area (TPSA) is 72.7 Å². The number of halogens is 1. The van der Waals surface area contributed by atoms with E-state index in [0.717, 1.165) is 54.7 Å². The summed E-state index contributed by atoms with van der Waals surface area (Å²) in [5.74, 6) is 1.61. The zero-order chi connectivity index (χ0) is 21.7. The van der Waals surface area contributed by atoms with E-state index < -0.39 is 0 Å². The van der Waals surface area contributed by atoms with Gasteiger partial charge in [-0.3, -0.25) is 0 Å². The molecule has 172 valence electrons. The van der Waals surface area contributed by atoms with E-state index in [-0.39, 0.29) is 24.0 Å². The molecule has 0 amide bonds. The van der Waals surface area contributed by atoms with Crippen LogP contribution in [-0.2, 0) is 17.8 Å². The van der Waals surface area contributed by atoms with E-state index in [2.05, 4.69) is 27.9 Å². The number of benzene rings is 2. The molecule has 0 radical (unpaired) electrons. The van der Waals surface area contributed by atoms with Crippen LogP contribution in [-0.4, -0.2) is 42.6 Å². The summed E-state index contributed by atoms with van der Waals surface area (Å²) in [4.78, 5) is 4.77. The quantitative estimate of drug-likeness (QED) is 0.163. The molecule has 1 aromatic heterocycles. The lowest BCUT2D eigenvalue weighted by Gasteiger charge is -2.15. The molecule has 2 N–H and O–H groups in total. The van der Waals surface area contributed by atoms with E-state index in [1.54, 1.807) is 13.3 Å². The fourth-order valence-corrected chi connectivity index (χ4v) is 3.08. The van der Waals surface area contributed by atoms with Gasteiger partial charge in [-0.2, -0.15) is 5.10 Å². The Morgan fingerprint density at radius 2 is 1.88 bits per heavy atom. The number of aliphatic imine (C=N–C) groups is 1. The van der Waals surface area contributed by atoms with Gasteiger partial charge in [0.05, 0.1) is 19.3 Å². The number of ether oxygens (including phenoxy) is 2. The highest BCUT2D eigenvalue weighted by molar-refractivity contribution is 14.0. The first-order valence-corrected chi connectivity index (χ1v) is 10.6. The lowest BCUT2D eigenvalue weighted by atomic mass is 10.2. The van der Waals surface area contributed by atoms with Crippen molar-refractivity contribution >= 4 is 29.9 Å². The molecule has 2 aromatic carbocycles. The molecule has 0 bridgehead atoms. The number of hydrogen-bond donors (Lipinski definition) is 2. The van der Waals surface area contributed by atoms with Gasteiger partial charge in [-0.05, 0) is 48.7 Å². The van der Waals surface area contributed by atoms with Crippen LogP contribution in [0.2, 0.25) is 0 Å². The van der Waals surface area contributed by atoms with Gasteiger partial charge in [0.15, 0.2) is 5.96 Å². The lowest BCUT2D eigenvalue weighted by molar-refractivity contribution is 0.145. The molecular formula is C24H32IN5O2. The molecule has 0 atom stereocenters. The Balaban J connectivity index is 0.00000363. The number of methoxy groups -OCH3 is 1. The summed E-state index contributed by atoms with van der Waals surface area (Å²) in [6.07, 6.45) is 4.65. The maximum absolute atomic E-state index is 5.43. The van der Waals surface area contributed by atoms with Crippen LogP contribution in [0.25, 0.3) is 5.69 Å². The third kappa shape index (κ3) is 8.16. The van der Waals surface area contributed by atoms with Crippen molar-refractivity contribution in [2.24, 2.45) is 4.99 Å². The van der Waals surface area contributed by atoms with Gasteiger partial charge in [0.1, 0.15) is 5.75 Å². The highest BCUT2D eigenvalue weighted by Gasteiger charge is 2.06. The summed E-state index contributed by atoms with van der Waals surface area (Å²) in [6.45, 7) is 5.48. The van der Waals surface area contributed by atoms with Crippen LogP contribution in [0.5, 0.6) is 5.75 Å². The summed E-state index contributed by atoms with van der Waals surface area (Å²) in [7, 11) is 1.67. The number of aromatic nitrogens is 2. The third-order valence-electron chi connectivity index (χ3n) is 4.73. The van der Waals surface area contributed by atoms with E-state index in [1.165, 1.54) is 0 Å². The number of nitrogens with one attached hydrogen (secondary N) is 2. The standard InChI is InChI=1S/C24H31N5O2.HI/c1-3-31-17-7-14-25-24(26-18-20-10-12-22(30-2)13-11-20)27-19-21-8-4-5-9-23(21)29-16-6-15-28-29;/h4-6,8-13,15-16H,3,7,14,17-19H2,1-2H3,(H2,25,26,27);1H. The van der Waals surface area contributed by atoms with Crippen LogP contribution in [0.4, 0.5) is 0 Å². The molecule has 0 aliphatic carbocycles. The summed E-state index contributed by atoms with van der Waals surface area (Å²) >= 11 is 0. The molecule has 32 heavy (non-hydrogen) atoms. The second-order valence-electron chi connectivity index (χ2n) is 6.92. The van der Waals surface area contributed by atoms with Crippen LogP contribution in [0.3, 0.4) is 0 Å². The fourth-order valence-electron chi connectivity index (χ4n) is 3.08. The van der Waals surface area contributed by atoms with Gasteiger partial charge in [0.2, 0.25) is 0 Å². The average Bonchev–Trinajstić information content (AvgIpc) is 3.35. The number of para-hydroxylation sites is 1. The summed E-state index contributed by atoms with van der Waals surface area (Å²) < 4.78 is 12.5. The molecule has 0 saturated carbocycles. The van der Waals surface area contributed by atoms with Gasteiger partial charge in [-0.25, -0.2) is 9.67 Å². The molecule has 0 fully saturated rings. The van der Waals surface area contributed by atoms with Crippen molar-refractivity contribution in [1.29, 1.82) is 0 Å². The van der Waals surface area contributed by atoms with E-state index >= 15 is 0 Å². The van der Waals surface area contributed by atoms with Crippen LogP contribution in [0, 0.1) is 0 Å². The van der Waals surface area contributed by atoms with Crippen molar-refractivity contribution in [3.05, 3.63) is 78.1 Å². The summed E-state index contributed by atoms with van der Waals surface area (Å²) in [6, 6.07) is 18.1. The normalized spacial score (nSPS) is 11.0. The molecular weight excluding hydrogens is 517 g/mol. The smallest absolute Gasteiger partial charge is 0.191 e. The van der Waals surface area contributed by atoms with E-state index in [1.807, 2.05) is 60.3 Å². The second kappa shape index (κ2) is 14.5. The first kappa shape index (κ1) is 25.7. The molecule has 0 aliphatic rings. The highest BCUT2D eigenvalue weighted by atomic mass is 127. The molecule has 0 saturated heterocycles. The monoisotopic (exact) mass is 549 g/mol. The van der Waals surface area contributed by atoms with Crippen LogP contribution < -0.4 is 15.4 Å². The van der Waals surface area contributed by atoms with Crippen LogP contribution >= 0.6 is 24.0 Å². The number of guanidine groups is 1. The molecule has 7 nitrogen and oxygen atoms in total. The first-order valence-electron chi connectivity index (χ1n) is 10.6. The summed E-state index contributed by atoms with van der Waals surface area (Å²) in [5, 5.41) is 11.2. The Morgan fingerprint density at radius 1 is 1.06 bits per heavy atom. The van der Waals surface area contributed by atoms with Crippen molar-refractivity contribution in [3.8, 4) is 11.4 Å². The second-order valence-corrected chi connectivity index (χ2v) is 6.92. The Bertz CT molecular complexity index is 930. The Hall–Kier alpha value is -2.59. The Morgan fingerprint density at radius 3 is 2.59 bits per heavy atom. The van der Waals surface area contributed by atoms with Gasteiger partial charge in [-0.15, -0.1) is 24.0 Å². The first-order chi connectivity index (χ1) is 15.3. The van der Waals surface area contributed by atoms with Crippen LogP contribution in [0.1, 0.15) is 24.5 Å². The Labute approximate surface area is 207 Å². The minimum Gasteiger partial charge on any atom is -0.497 e. The van der Waals surface area contributed by atoms with Crippen molar-refractivity contribution in [1.82, 2.24) is 20.4 Å². The van der Waals surface area contributed by atoms with Crippen molar-refractivity contribution in [2.75, 3.05) is 26.9 Å². The molecule has 0 spiro atoms. The molecule has 8 heteroatoms. The highest BCUT2D eigenvalue weighted by Crippen LogP contribution is 2.14. The van der Waals surface area contributed by atoms with E-state index in [0.29, 0.717) is 13.1 Å². The van der Waals surface area contributed by atoms with Crippen molar-refractivity contribution in [3.63, 3.8) is 0 Å². The maximum atomic E-state index is 5.43. The van der Waals surface area contributed by atoms with Crippen molar-refractivity contribution in [2.45, 2.75) is 26.4 Å².